The van der Waals surface area contributed by atoms with E-state index in [1.165, 1.54) is 18.4 Å². The Morgan fingerprint density at radius 2 is 1.73 bits per heavy atom. The zero-order valence-corrected chi connectivity index (χ0v) is 13.0. The zero-order chi connectivity index (χ0) is 14.7. The van der Waals surface area contributed by atoms with E-state index >= 15 is 0 Å². The van der Waals surface area contributed by atoms with Crippen molar-refractivity contribution in [2.45, 2.75) is 24.9 Å². The maximum absolute atomic E-state index is 11.7. The van der Waals surface area contributed by atoms with E-state index in [9.17, 15) is 9.59 Å². The molecule has 0 aromatic heterocycles. The third-order valence-electron chi connectivity index (χ3n) is 4.02. The number of benzene rings is 1. The van der Waals surface area contributed by atoms with Crippen LogP contribution in [0, 0.1) is 0 Å². The quantitative estimate of drug-likeness (QED) is 0.611. The Morgan fingerprint density at radius 1 is 1.05 bits per heavy atom. The maximum atomic E-state index is 11.7. The van der Waals surface area contributed by atoms with Crippen LogP contribution in [-0.2, 0) is 9.59 Å². The van der Waals surface area contributed by atoms with Gasteiger partial charge in [-0.3, -0.25) is 20.2 Å². The molecule has 22 heavy (non-hydrogen) atoms. The van der Waals surface area contributed by atoms with Gasteiger partial charge in [0, 0.05) is 5.69 Å². The molecule has 0 bridgehead atoms. The number of imide groups is 1. The molecule has 1 aromatic carbocycles. The molecule has 7 heteroatoms. The predicted octanol–water partition coefficient (Wildman–Crippen LogP) is 0.559. The topological polar surface area (TPSA) is 82.3 Å². The van der Waals surface area contributed by atoms with E-state index in [-0.39, 0.29) is 30.8 Å². The molecule has 0 saturated carbocycles. The van der Waals surface area contributed by atoms with Crippen LogP contribution >= 0.6 is 12.4 Å². The summed E-state index contributed by atoms with van der Waals surface area (Å²) in [6.45, 7) is 2.30. The first-order valence-corrected chi connectivity index (χ1v) is 7.37. The number of carbonyl (C=O) groups is 2. The van der Waals surface area contributed by atoms with Gasteiger partial charge in [-0.25, -0.2) is 0 Å². The van der Waals surface area contributed by atoms with Gasteiger partial charge in [0.25, 0.3) is 5.91 Å². The van der Waals surface area contributed by atoms with Crippen molar-refractivity contribution < 1.29 is 9.59 Å². The van der Waals surface area contributed by atoms with Crippen molar-refractivity contribution in [2.24, 2.45) is 0 Å². The van der Waals surface area contributed by atoms with Gasteiger partial charge in [0.1, 0.15) is 0 Å². The summed E-state index contributed by atoms with van der Waals surface area (Å²) in [7, 11) is 0. The van der Waals surface area contributed by atoms with Crippen molar-refractivity contribution in [3.63, 3.8) is 0 Å². The van der Waals surface area contributed by atoms with Crippen molar-refractivity contribution in [1.29, 1.82) is 0 Å². The van der Waals surface area contributed by atoms with Crippen molar-refractivity contribution >= 4 is 29.9 Å². The van der Waals surface area contributed by atoms with Gasteiger partial charge in [0.05, 0.1) is 6.54 Å². The number of anilines is 1. The van der Waals surface area contributed by atoms with Crippen LogP contribution < -0.4 is 21.3 Å². The van der Waals surface area contributed by atoms with Gasteiger partial charge in [-0.05, 0) is 49.5 Å². The summed E-state index contributed by atoms with van der Waals surface area (Å²) in [5, 5.41) is 11.6. The number of piperidine rings is 1. The van der Waals surface area contributed by atoms with Gasteiger partial charge in [-0.1, -0.05) is 12.1 Å². The van der Waals surface area contributed by atoms with Crippen LogP contribution in [0.4, 0.5) is 5.69 Å². The minimum absolute atomic E-state index is 0. The van der Waals surface area contributed by atoms with E-state index in [0.717, 1.165) is 18.8 Å². The molecule has 0 aliphatic carbocycles. The third kappa shape index (κ3) is 3.97. The molecular weight excluding hydrogens is 304 g/mol. The first-order valence-electron chi connectivity index (χ1n) is 7.37. The lowest BCUT2D eigenvalue weighted by molar-refractivity contribution is -0.133. The molecule has 2 aliphatic heterocycles. The summed E-state index contributed by atoms with van der Waals surface area (Å²) >= 11 is 0. The second kappa shape index (κ2) is 7.58. The molecule has 0 spiro atoms. The van der Waals surface area contributed by atoms with Crippen LogP contribution in [0.1, 0.15) is 24.3 Å². The van der Waals surface area contributed by atoms with Gasteiger partial charge in [-0.15, -0.1) is 12.4 Å². The number of carbonyl (C=O) groups excluding carboxylic acids is 2. The molecule has 2 fully saturated rings. The van der Waals surface area contributed by atoms with Crippen LogP contribution in [0.5, 0.6) is 0 Å². The number of hydrogen-bond acceptors (Lipinski definition) is 5. The fourth-order valence-electron chi connectivity index (χ4n) is 2.83. The minimum Gasteiger partial charge on any atom is -0.362 e. The zero-order valence-electron chi connectivity index (χ0n) is 12.2. The first kappa shape index (κ1) is 16.7. The first-order chi connectivity index (χ1) is 10.2. The van der Waals surface area contributed by atoms with Gasteiger partial charge < -0.3 is 10.6 Å². The van der Waals surface area contributed by atoms with Crippen LogP contribution in [0.2, 0.25) is 0 Å². The second-order valence-corrected chi connectivity index (χ2v) is 5.52. The Bertz CT molecular complexity index is 529. The molecule has 0 radical (unpaired) electrons. The number of hydrogen-bond donors (Lipinski definition) is 4. The lowest BCUT2D eigenvalue weighted by Crippen LogP contribution is -2.59. The van der Waals surface area contributed by atoms with Crippen LogP contribution in [0.15, 0.2) is 24.3 Å². The Kier molecular flexibility index (Phi) is 5.76. The Balaban J connectivity index is 0.00000176. The fourth-order valence-corrected chi connectivity index (χ4v) is 2.83. The summed E-state index contributed by atoms with van der Waals surface area (Å²) in [5.41, 5.74) is 2.22. The number of nitrogens with one attached hydrogen (secondary N) is 4. The summed E-state index contributed by atoms with van der Waals surface area (Å²) in [6, 6.07) is 8.21. The molecule has 2 heterocycles. The van der Waals surface area contributed by atoms with Crippen LogP contribution in [-0.4, -0.2) is 37.6 Å². The number of halogens is 1. The van der Waals surface area contributed by atoms with Crippen LogP contribution in [0.25, 0.3) is 0 Å². The highest BCUT2D eigenvalue weighted by Crippen LogP contribution is 2.26. The number of piperazine rings is 1. The highest BCUT2D eigenvalue weighted by atomic mass is 35.5. The van der Waals surface area contributed by atoms with Crippen molar-refractivity contribution in [1.82, 2.24) is 16.0 Å². The van der Waals surface area contributed by atoms with Crippen molar-refractivity contribution in [2.75, 3.05) is 25.0 Å². The largest absolute Gasteiger partial charge is 0.362 e. The lowest BCUT2D eigenvalue weighted by atomic mass is 9.90. The highest BCUT2D eigenvalue weighted by Gasteiger charge is 2.25. The normalized spacial score (nSPS) is 22.6. The van der Waals surface area contributed by atoms with Gasteiger partial charge in [-0.2, -0.15) is 0 Å². The number of amides is 2. The van der Waals surface area contributed by atoms with Crippen LogP contribution in [0.3, 0.4) is 0 Å². The van der Waals surface area contributed by atoms with Gasteiger partial charge in [0.2, 0.25) is 5.91 Å². The van der Waals surface area contributed by atoms with E-state index in [1.807, 2.05) is 12.1 Å². The highest BCUT2D eigenvalue weighted by molar-refractivity contribution is 6.01. The third-order valence-corrected chi connectivity index (χ3v) is 4.02. The van der Waals surface area contributed by atoms with E-state index in [4.69, 9.17) is 0 Å². The lowest BCUT2D eigenvalue weighted by Gasteiger charge is -2.25. The average molecular weight is 325 g/mol. The average Bonchev–Trinajstić information content (AvgIpc) is 2.52. The summed E-state index contributed by atoms with van der Waals surface area (Å²) in [4.78, 5) is 22.7. The molecule has 1 unspecified atom stereocenters. The van der Waals surface area contributed by atoms with Crippen molar-refractivity contribution in [3.05, 3.63) is 29.8 Å². The standard InChI is InChI=1S/C15H20N4O2.ClH/c20-13-9-17-14(15(21)19-13)18-12-3-1-10(2-4-12)11-5-7-16-8-6-11;/h1-4,11,14,16-18H,5-9H2,(H,19,20,21);1H. The summed E-state index contributed by atoms with van der Waals surface area (Å²) in [5.74, 6) is -0.0120. The van der Waals surface area contributed by atoms with Gasteiger partial charge >= 0.3 is 0 Å². The Hall–Kier alpha value is -1.63. The minimum atomic E-state index is -0.563. The molecule has 2 saturated heterocycles. The molecule has 3 rings (SSSR count). The van der Waals surface area contributed by atoms with E-state index in [2.05, 4.69) is 33.4 Å². The molecule has 120 valence electrons. The van der Waals surface area contributed by atoms with Crippen molar-refractivity contribution in [3.8, 4) is 0 Å². The predicted molar refractivity (Wildman–Crippen MR) is 87.1 cm³/mol. The molecular formula is C15H21ClN4O2. The Labute approximate surface area is 135 Å². The smallest absolute Gasteiger partial charge is 0.264 e. The monoisotopic (exact) mass is 324 g/mol. The molecule has 4 N–H and O–H groups in total. The molecule has 1 aromatic rings. The summed E-state index contributed by atoms with van der Waals surface area (Å²) < 4.78 is 0. The Morgan fingerprint density at radius 3 is 2.36 bits per heavy atom. The molecule has 2 aliphatic rings. The summed E-state index contributed by atoms with van der Waals surface area (Å²) in [6.07, 6.45) is 1.77. The second-order valence-electron chi connectivity index (χ2n) is 5.52. The van der Waals surface area contributed by atoms with E-state index < -0.39 is 6.17 Å². The molecule has 1 atom stereocenters. The van der Waals surface area contributed by atoms with Gasteiger partial charge in [0.15, 0.2) is 6.17 Å². The number of rotatable bonds is 3. The maximum Gasteiger partial charge on any atom is 0.264 e. The SMILES string of the molecule is Cl.O=C1CNC(Nc2ccc(C3CCNCC3)cc2)C(=O)N1. The molecule has 6 nitrogen and oxygen atoms in total. The van der Waals surface area contributed by atoms with E-state index in [1.54, 1.807) is 0 Å². The molecule has 2 amide bonds. The van der Waals surface area contributed by atoms with E-state index in [0.29, 0.717) is 5.92 Å². The fraction of sp³-hybridized carbons (Fsp3) is 0.467.